The van der Waals surface area contributed by atoms with Crippen LogP contribution in [0.25, 0.3) is 0 Å². The maximum Gasteiger partial charge on any atom is 0.173 e. The normalized spacial score (nSPS) is 67.7. The predicted octanol–water partition coefficient (Wildman–Crippen LogP) is 2.67. The van der Waals surface area contributed by atoms with E-state index in [2.05, 4.69) is 13.8 Å². The summed E-state index contributed by atoms with van der Waals surface area (Å²) in [5.74, 6) is -0.889. The fraction of sp³-hybridized carbons (Fsp3) is 1.00. The Morgan fingerprint density at radius 2 is 1.21 bits per heavy atom. The van der Waals surface area contributed by atoms with E-state index in [1.54, 1.807) is 0 Å². The van der Waals surface area contributed by atoms with Crippen LogP contribution in [0.4, 0.5) is 0 Å². The zero-order chi connectivity index (χ0) is 10.2. The Hall–Kier alpha value is 0.310. The van der Waals surface area contributed by atoms with Gasteiger partial charge < -0.3 is 14.2 Å². The van der Waals surface area contributed by atoms with Crippen LogP contribution in [0.3, 0.4) is 0 Å². The molecule has 4 heterocycles. The minimum absolute atomic E-state index is 0.0903. The Labute approximate surface area is 86.3 Å². The Kier molecular flexibility index (Phi) is 1.49. The first-order valence-electron chi connectivity index (χ1n) is 5.09. The molecule has 4 aliphatic heterocycles. The average molecular weight is 215 g/mol. The van der Waals surface area contributed by atoms with E-state index in [9.17, 15) is 0 Å². The molecule has 4 heteroatoms. The molecule has 0 N–H and O–H groups in total. The second-order valence-corrected chi connectivity index (χ2v) is 7.50. The molecule has 14 heavy (non-hydrogen) atoms. The van der Waals surface area contributed by atoms with Crippen LogP contribution in [0.2, 0.25) is 0 Å². The molecule has 0 aromatic heterocycles. The minimum Gasteiger partial charge on any atom is -0.339 e. The number of hydrogen-bond acceptors (Lipinski definition) is 3. The Morgan fingerprint density at radius 3 is 1.57 bits per heavy atom. The van der Waals surface area contributed by atoms with Crippen molar-refractivity contribution in [1.29, 1.82) is 0 Å². The summed E-state index contributed by atoms with van der Waals surface area (Å²) in [6.45, 7) is 8.37. The van der Waals surface area contributed by atoms with Gasteiger partial charge in [0.05, 0.1) is 10.7 Å². The van der Waals surface area contributed by atoms with Gasteiger partial charge in [-0.2, -0.15) is 0 Å². The van der Waals surface area contributed by atoms with Gasteiger partial charge in [0.2, 0.25) is 0 Å². The van der Waals surface area contributed by atoms with Crippen molar-refractivity contribution in [3.63, 3.8) is 0 Å². The van der Waals surface area contributed by atoms with Crippen LogP contribution in [0.5, 0.6) is 0 Å². The first-order chi connectivity index (χ1) is 6.24. The molecule has 0 saturated carbocycles. The van der Waals surface area contributed by atoms with Crippen LogP contribution >= 0.6 is 8.58 Å². The van der Waals surface area contributed by atoms with Gasteiger partial charge in [0, 0.05) is 12.8 Å². The molecule has 3 nitrogen and oxygen atoms in total. The second-order valence-electron chi connectivity index (χ2n) is 5.39. The van der Waals surface area contributed by atoms with Crippen LogP contribution < -0.4 is 0 Å². The standard InChI is InChI=1S/C10H16O3P/c1-7-5-9(3)13-8(2,11-7)6-10(4,12-7)14-9/h5-6H2,1-4H3. The molecule has 0 aromatic rings. The summed E-state index contributed by atoms with van der Waals surface area (Å²) in [7, 11) is 1.25. The van der Waals surface area contributed by atoms with Crippen LogP contribution in [-0.4, -0.2) is 22.3 Å². The fourth-order valence-electron chi connectivity index (χ4n) is 3.46. The van der Waals surface area contributed by atoms with Crippen LogP contribution in [0.15, 0.2) is 0 Å². The summed E-state index contributed by atoms with van der Waals surface area (Å²) < 4.78 is 17.9. The van der Waals surface area contributed by atoms with E-state index in [0.29, 0.717) is 0 Å². The lowest BCUT2D eigenvalue weighted by Gasteiger charge is -2.65. The molecule has 0 aliphatic carbocycles. The first-order valence-corrected chi connectivity index (χ1v) is 5.98. The average Bonchev–Trinajstić information content (AvgIpc) is 1.67. The van der Waals surface area contributed by atoms with Crippen molar-refractivity contribution in [1.82, 2.24) is 0 Å². The third-order valence-electron chi connectivity index (χ3n) is 3.07. The van der Waals surface area contributed by atoms with E-state index in [4.69, 9.17) is 14.2 Å². The summed E-state index contributed by atoms with van der Waals surface area (Å²) in [4.78, 5) is 0. The predicted molar refractivity (Wildman–Crippen MR) is 53.0 cm³/mol. The van der Waals surface area contributed by atoms with Crippen molar-refractivity contribution < 1.29 is 14.2 Å². The van der Waals surface area contributed by atoms with Crippen molar-refractivity contribution >= 4 is 8.58 Å². The molecular formula is C10H16O3P. The molecule has 79 valence electrons. The lowest BCUT2D eigenvalue weighted by atomic mass is 9.98. The highest BCUT2D eigenvalue weighted by Gasteiger charge is 2.66. The van der Waals surface area contributed by atoms with Gasteiger partial charge in [0.15, 0.2) is 11.6 Å². The first kappa shape index (κ1) is 9.53. The van der Waals surface area contributed by atoms with E-state index >= 15 is 0 Å². The molecule has 0 spiro atoms. The van der Waals surface area contributed by atoms with Crippen molar-refractivity contribution in [2.75, 3.05) is 0 Å². The number of ether oxygens (including phenoxy) is 3. The van der Waals surface area contributed by atoms with Crippen LogP contribution in [0, 0.1) is 0 Å². The zero-order valence-corrected chi connectivity index (χ0v) is 9.98. The zero-order valence-electron chi connectivity index (χ0n) is 9.09. The highest BCUT2D eigenvalue weighted by molar-refractivity contribution is 7.41. The summed E-state index contributed by atoms with van der Waals surface area (Å²) in [5.41, 5.74) is 0. The fourth-order valence-corrected chi connectivity index (χ4v) is 5.67. The van der Waals surface area contributed by atoms with Gasteiger partial charge in [-0.05, 0) is 36.3 Å². The van der Waals surface area contributed by atoms with E-state index in [-0.39, 0.29) is 10.7 Å². The van der Waals surface area contributed by atoms with Gasteiger partial charge in [0.25, 0.3) is 0 Å². The van der Waals surface area contributed by atoms with Gasteiger partial charge in [-0.3, -0.25) is 0 Å². The van der Waals surface area contributed by atoms with Crippen molar-refractivity contribution in [3.05, 3.63) is 0 Å². The molecule has 4 aliphatic rings. The molecule has 4 rings (SSSR count). The van der Waals surface area contributed by atoms with Gasteiger partial charge in [-0.15, -0.1) is 0 Å². The summed E-state index contributed by atoms with van der Waals surface area (Å²) in [6.07, 6.45) is 1.65. The number of rotatable bonds is 0. The third-order valence-corrected chi connectivity index (χ3v) is 4.52. The quantitative estimate of drug-likeness (QED) is 0.581. The number of hydrogen-bond donors (Lipinski definition) is 0. The molecule has 4 saturated heterocycles. The molecule has 4 atom stereocenters. The van der Waals surface area contributed by atoms with Gasteiger partial charge in [0.1, 0.15) is 0 Å². The van der Waals surface area contributed by atoms with E-state index in [0.717, 1.165) is 12.8 Å². The monoisotopic (exact) mass is 215 g/mol. The maximum absolute atomic E-state index is 6.01. The van der Waals surface area contributed by atoms with Crippen LogP contribution in [-0.2, 0) is 14.2 Å². The lowest BCUT2D eigenvalue weighted by molar-refractivity contribution is -0.467. The molecular weight excluding hydrogens is 199 g/mol. The van der Waals surface area contributed by atoms with E-state index in [1.165, 1.54) is 8.58 Å². The molecule has 4 unspecified atom stereocenters. The van der Waals surface area contributed by atoms with Gasteiger partial charge in [-0.25, -0.2) is 0 Å². The highest BCUT2D eigenvalue weighted by atomic mass is 31.1. The minimum atomic E-state index is -0.444. The molecule has 4 bridgehead atoms. The summed E-state index contributed by atoms with van der Waals surface area (Å²) in [5, 5.41) is -0.181. The third kappa shape index (κ3) is 1.19. The van der Waals surface area contributed by atoms with Crippen molar-refractivity contribution in [2.24, 2.45) is 0 Å². The maximum atomic E-state index is 6.01. The second kappa shape index (κ2) is 2.20. The Bertz CT molecular complexity index is 208. The van der Waals surface area contributed by atoms with Gasteiger partial charge in [-0.1, -0.05) is 0 Å². The molecule has 0 amide bonds. The SMILES string of the molecule is CC12CC3(C)OC(C)(CC(C)(O1)[P]3)O2. The largest absolute Gasteiger partial charge is 0.339 e. The van der Waals surface area contributed by atoms with Gasteiger partial charge >= 0.3 is 0 Å². The summed E-state index contributed by atoms with van der Waals surface area (Å²) >= 11 is 0. The molecule has 0 aromatic carbocycles. The highest BCUT2D eigenvalue weighted by Crippen LogP contribution is 2.67. The topological polar surface area (TPSA) is 27.7 Å². The van der Waals surface area contributed by atoms with Crippen LogP contribution in [0.1, 0.15) is 40.5 Å². The van der Waals surface area contributed by atoms with E-state index < -0.39 is 11.6 Å². The Balaban J connectivity index is 2.08. The smallest absolute Gasteiger partial charge is 0.173 e. The molecule has 4 fully saturated rings. The Morgan fingerprint density at radius 1 is 0.786 bits per heavy atom. The molecule has 1 radical (unpaired) electrons. The summed E-state index contributed by atoms with van der Waals surface area (Å²) in [6, 6.07) is 0. The lowest BCUT2D eigenvalue weighted by Crippen LogP contribution is -2.69. The van der Waals surface area contributed by atoms with Crippen molar-refractivity contribution in [3.8, 4) is 0 Å². The van der Waals surface area contributed by atoms with Crippen molar-refractivity contribution in [2.45, 2.75) is 62.8 Å². The van der Waals surface area contributed by atoms with E-state index in [1.807, 2.05) is 13.8 Å².